The van der Waals surface area contributed by atoms with Gasteiger partial charge in [0.25, 0.3) is 0 Å². The van der Waals surface area contributed by atoms with Crippen LogP contribution in [0.25, 0.3) is 0 Å². The molecule has 2 aromatic rings. The third kappa shape index (κ3) is 8.34. The number of piperazine rings is 1. The highest BCUT2D eigenvalue weighted by Gasteiger charge is 2.16. The lowest BCUT2D eigenvalue weighted by Crippen LogP contribution is -2.46. The molecule has 1 fully saturated rings. The number of aryl methyl sites for hydroxylation is 1. The minimum atomic E-state index is -3.32. The van der Waals surface area contributed by atoms with Gasteiger partial charge in [0.05, 0.1) is 0 Å². The van der Waals surface area contributed by atoms with Gasteiger partial charge in [-0.25, -0.2) is 8.42 Å². The first-order valence-corrected chi connectivity index (χ1v) is 13.0. The molecule has 1 N–H and O–H groups in total. The van der Waals surface area contributed by atoms with Crippen molar-refractivity contribution in [3.8, 4) is 0 Å². The summed E-state index contributed by atoms with van der Waals surface area (Å²) in [6, 6.07) is 18.3. The van der Waals surface area contributed by atoms with Crippen molar-refractivity contribution >= 4 is 27.1 Å². The van der Waals surface area contributed by atoms with Crippen molar-refractivity contribution in [2.75, 3.05) is 54.9 Å². The van der Waals surface area contributed by atoms with E-state index in [4.69, 9.17) is 0 Å². The normalized spacial score (nSPS) is 15.1. The Hall–Kier alpha value is -2.38. The third-order valence-corrected chi connectivity index (χ3v) is 6.32. The minimum Gasteiger partial charge on any atom is -0.369 e. The molecule has 0 unspecified atom stereocenters. The zero-order chi connectivity index (χ0) is 22.1. The maximum absolute atomic E-state index is 11.8. The summed E-state index contributed by atoms with van der Waals surface area (Å²) in [6.07, 6.45) is 5.48. The van der Waals surface area contributed by atoms with Crippen LogP contribution in [0.1, 0.15) is 24.8 Å². The zero-order valence-electron chi connectivity index (χ0n) is 18.3. The van der Waals surface area contributed by atoms with E-state index in [1.165, 1.54) is 18.5 Å². The number of amides is 1. The summed E-state index contributed by atoms with van der Waals surface area (Å²) in [7, 11) is -3.32. The number of para-hydroxylation sites is 1. The van der Waals surface area contributed by atoms with Crippen LogP contribution in [0.4, 0.5) is 11.4 Å². The summed E-state index contributed by atoms with van der Waals surface area (Å²) < 4.78 is 22.5. The standard InChI is InChI=1S/C24H33N3O3S/c1-31(29,30)20-24(28)25-22-11-8-10-21(19-22)9-4-3-7-14-26-15-17-27(18-16-26)23-12-5-2-6-13-23/h2,5-6,8,10-13,19H,3-4,7,9,14-18,20H2,1H3,(H,25,28). The molecule has 168 valence electrons. The molecule has 3 rings (SSSR count). The fourth-order valence-corrected chi connectivity index (χ4v) is 4.50. The predicted molar refractivity (Wildman–Crippen MR) is 127 cm³/mol. The van der Waals surface area contributed by atoms with Gasteiger partial charge in [-0.3, -0.25) is 9.69 Å². The highest BCUT2D eigenvalue weighted by atomic mass is 32.2. The molecule has 2 aromatic carbocycles. The van der Waals surface area contributed by atoms with E-state index >= 15 is 0 Å². The van der Waals surface area contributed by atoms with Crippen LogP contribution in [0.5, 0.6) is 0 Å². The Bertz CT molecular complexity index is 940. The van der Waals surface area contributed by atoms with Crippen molar-refractivity contribution in [1.29, 1.82) is 0 Å². The van der Waals surface area contributed by atoms with Crippen LogP contribution in [-0.4, -0.2) is 64.0 Å². The van der Waals surface area contributed by atoms with Crippen molar-refractivity contribution < 1.29 is 13.2 Å². The van der Waals surface area contributed by atoms with Gasteiger partial charge in [0, 0.05) is 43.8 Å². The molecule has 0 aliphatic carbocycles. The summed E-state index contributed by atoms with van der Waals surface area (Å²) in [4.78, 5) is 16.8. The number of nitrogens with one attached hydrogen (secondary N) is 1. The van der Waals surface area contributed by atoms with Crippen molar-refractivity contribution in [3.63, 3.8) is 0 Å². The van der Waals surface area contributed by atoms with Crippen LogP contribution in [-0.2, 0) is 21.1 Å². The van der Waals surface area contributed by atoms with Gasteiger partial charge in [-0.1, -0.05) is 36.8 Å². The molecule has 0 saturated carbocycles. The number of unbranched alkanes of at least 4 members (excludes halogenated alkanes) is 2. The average molecular weight is 444 g/mol. The number of hydrogen-bond donors (Lipinski definition) is 1. The Morgan fingerprint density at radius 2 is 1.68 bits per heavy atom. The van der Waals surface area contributed by atoms with Gasteiger partial charge in [-0.05, 0) is 55.6 Å². The van der Waals surface area contributed by atoms with Gasteiger partial charge >= 0.3 is 0 Å². The lowest BCUT2D eigenvalue weighted by molar-refractivity contribution is -0.113. The molecule has 1 aliphatic heterocycles. The second-order valence-corrected chi connectivity index (χ2v) is 10.4. The number of anilines is 2. The average Bonchev–Trinajstić information content (AvgIpc) is 2.73. The summed E-state index contributed by atoms with van der Waals surface area (Å²) in [5.74, 6) is -0.983. The van der Waals surface area contributed by atoms with Gasteiger partial charge in [0.15, 0.2) is 9.84 Å². The van der Waals surface area contributed by atoms with Crippen molar-refractivity contribution in [2.45, 2.75) is 25.7 Å². The molecule has 1 saturated heterocycles. The second-order valence-electron chi connectivity index (χ2n) is 8.29. The third-order valence-electron chi connectivity index (χ3n) is 5.54. The molecule has 0 radical (unpaired) electrons. The lowest BCUT2D eigenvalue weighted by atomic mass is 10.1. The van der Waals surface area contributed by atoms with E-state index in [9.17, 15) is 13.2 Å². The van der Waals surface area contributed by atoms with E-state index in [2.05, 4.69) is 51.5 Å². The smallest absolute Gasteiger partial charge is 0.239 e. The maximum atomic E-state index is 11.8. The lowest BCUT2D eigenvalue weighted by Gasteiger charge is -2.36. The molecular formula is C24H33N3O3S. The second kappa shape index (κ2) is 11.3. The minimum absolute atomic E-state index is 0.489. The molecule has 0 atom stereocenters. The predicted octanol–water partition coefficient (Wildman–Crippen LogP) is 3.20. The van der Waals surface area contributed by atoms with Crippen LogP contribution in [0.2, 0.25) is 0 Å². The van der Waals surface area contributed by atoms with Crippen molar-refractivity contribution in [3.05, 3.63) is 60.2 Å². The molecular weight excluding hydrogens is 410 g/mol. The highest BCUT2D eigenvalue weighted by molar-refractivity contribution is 7.91. The first kappa shape index (κ1) is 23.3. The summed E-state index contributed by atoms with van der Waals surface area (Å²) in [5, 5.41) is 2.67. The van der Waals surface area contributed by atoms with E-state index in [1.54, 1.807) is 6.07 Å². The molecule has 0 spiro atoms. The first-order chi connectivity index (χ1) is 14.9. The Morgan fingerprint density at radius 3 is 2.39 bits per heavy atom. The number of carbonyl (C=O) groups is 1. The molecule has 1 heterocycles. The van der Waals surface area contributed by atoms with Crippen molar-refractivity contribution in [1.82, 2.24) is 4.90 Å². The number of rotatable bonds is 10. The fourth-order valence-electron chi connectivity index (χ4n) is 3.95. The number of benzene rings is 2. The first-order valence-electron chi connectivity index (χ1n) is 11.0. The molecule has 1 aliphatic rings. The number of carbonyl (C=O) groups excluding carboxylic acids is 1. The largest absolute Gasteiger partial charge is 0.369 e. The zero-order valence-corrected chi connectivity index (χ0v) is 19.1. The molecule has 7 heteroatoms. The van der Waals surface area contributed by atoms with E-state index in [0.29, 0.717) is 5.69 Å². The number of hydrogen-bond acceptors (Lipinski definition) is 5. The summed E-state index contributed by atoms with van der Waals surface area (Å²) >= 11 is 0. The summed E-state index contributed by atoms with van der Waals surface area (Å²) in [6.45, 7) is 5.54. The van der Waals surface area contributed by atoms with E-state index < -0.39 is 21.5 Å². The Morgan fingerprint density at radius 1 is 0.935 bits per heavy atom. The van der Waals surface area contributed by atoms with Crippen LogP contribution in [0.15, 0.2) is 54.6 Å². The maximum Gasteiger partial charge on any atom is 0.239 e. The Kier molecular flexibility index (Phi) is 8.49. The van der Waals surface area contributed by atoms with E-state index in [0.717, 1.165) is 57.4 Å². The van der Waals surface area contributed by atoms with Crippen LogP contribution >= 0.6 is 0 Å². The van der Waals surface area contributed by atoms with E-state index in [-0.39, 0.29) is 0 Å². The van der Waals surface area contributed by atoms with Crippen molar-refractivity contribution in [2.24, 2.45) is 0 Å². The molecule has 6 nitrogen and oxygen atoms in total. The SMILES string of the molecule is CS(=O)(=O)CC(=O)Nc1cccc(CCCCCN2CCN(c3ccccc3)CC2)c1. The monoisotopic (exact) mass is 443 g/mol. The summed E-state index contributed by atoms with van der Waals surface area (Å²) in [5.41, 5.74) is 3.13. The van der Waals surface area contributed by atoms with Gasteiger partial charge in [-0.2, -0.15) is 0 Å². The fraction of sp³-hybridized carbons (Fsp3) is 0.458. The van der Waals surface area contributed by atoms with Crippen LogP contribution < -0.4 is 10.2 Å². The van der Waals surface area contributed by atoms with Crippen LogP contribution in [0, 0.1) is 0 Å². The number of nitrogens with zero attached hydrogens (tertiary/aromatic N) is 2. The van der Waals surface area contributed by atoms with Gasteiger partial charge in [0.1, 0.15) is 5.75 Å². The van der Waals surface area contributed by atoms with Gasteiger partial charge in [-0.15, -0.1) is 0 Å². The topological polar surface area (TPSA) is 69.7 Å². The number of sulfone groups is 1. The molecule has 0 aromatic heterocycles. The Balaban J connectivity index is 1.32. The van der Waals surface area contributed by atoms with E-state index in [1.807, 2.05) is 12.1 Å². The highest BCUT2D eigenvalue weighted by Crippen LogP contribution is 2.17. The molecule has 0 bridgehead atoms. The Labute approximate surface area is 186 Å². The van der Waals surface area contributed by atoms with Gasteiger partial charge < -0.3 is 10.2 Å². The molecule has 31 heavy (non-hydrogen) atoms. The molecule has 1 amide bonds. The quantitative estimate of drug-likeness (QED) is 0.571. The van der Waals surface area contributed by atoms with Crippen LogP contribution in [0.3, 0.4) is 0 Å². The van der Waals surface area contributed by atoms with Gasteiger partial charge in [0.2, 0.25) is 5.91 Å².